The summed E-state index contributed by atoms with van der Waals surface area (Å²) in [4.78, 5) is 11.9. The number of allylic oxidation sites excluding steroid dienone is 1. The third-order valence-corrected chi connectivity index (χ3v) is 2.69. The molecule has 0 aliphatic carbocycles. The molecule has 0 saturated heterocycles. The Hall–Kier alpha value is -2.55. The van der Waals surface area contributed by atoms with Gasteiger partial charge in [-0.15, -0.1) is 0 Å². The van der Waals surface area contributed by atoms with E-state index in [1.165, 1.54) is 19.3 Å². The predicted octanol–water partition coefficient (Wildman–Crippen LogP) is 3.30. The Morgan fingerprint density at radius 3 is 2.58 bits per heavy atom. The molecule has 2 rings (SSSR count). The Bertz CT molecular complexity index is 601. The fraction of sp³-hybridized carbons (Fsp3) is 0.0625. The molecule has 0 saturated carbocycles. The molecule has 0 fully saturated rings. The first-order valence-corrected chi connectivity index (χ1v) is 5.85. The number of benzene rings is 2. The van der Waals surface area contributed by atoms with Crippen LogP contribution in [0.1, 0.15) is 15.9 Å². The van der Waals surface area contributed by atoms with E-state index in [-0.39, 0.29) is 11.5 Å². The molecule has 0 atom stereocenters. The summed E-state index contributed by atoms with van der Waals surface area (Å²) in [6, 6.07) is 14.0. The highest BCUT2D eigenvalue weighted by molar-refractivity contribution is 6.06. The average Bonchev–Trinajstić information content (AvgIpc) is 2.47. The van der Waals surface area contributed by atoms with E-state index in [1.54, 1.807) is 30.3 Å². The highest BCUT2D eigenvalue weighted by Crippen LogP contribution is 2.26. The molecule has 2 aromatic rings. The van der Waals surface area contributed by atoms with Crippen LogP contribution in [-0.2, 0) is 0 Å². The monoisotopic (exact) mass is 254 g/mol. The summed E-state index contributed by atoms with van der Waals surface area (Å²) in [5, 5.41) is 9.47. The van der Waals surface area contributed by atoms with Crippen molar-refractivity contribution in [1.82, 2.24) is 0 Å². The molecule has 3 nitrogen and oxygen atoms in total. The average molecular weight is 254 g/mol. The van der Waals surface area contributed by atoms with Gasteiger partial charge in [0, 0.05) is 5.56 Å². The Kier molecular flexibility index (Phi) is 3.98. The minimum atomic E-state index is -0.0624. The number of ketones is 1. The van der Waals surface area contributed by atoms with Crippen molar-refractivity contribution in [2.45, 2.75) is 0 Å². The van der Waals surface area contributed by atoms with Crippen LogP contribution >= 0.6 is 0 Å². The Balaban J connectivity index is 2.17. The molecular formula is C16H14O3. The first kappa shape index (κ1) is 12.9. The summed E-state index contributed by atoms with van der Waals surface area (Å²) in [5.74, 6) is 0.399. The van der Waals surface area contributed by atoms with Crippen molar-refractivity contribution >= 4 is 11.9 Å². The Labute approximate surface area is 111 Å². The number of rotatable bonds is 4. The van der Waals surface area contributed by atoms with Gasteiger partial charge in [-0.05, 0) is 23.8 Å². The minimum Gasteiger partial charge on any atom is -0.504 e. The fourth-order valence-corrected chi connectivity index (χ4v) is 1.67. The van der Waals surface area contributed by atoms with Crippen LogP contribution in [-0.4, -0.2) is 18.0 Å². The van der Waals surface area contributed by atoms with Crippen LogP contribution in [0.15, 0.2) is 54.6 Å². The second-order valence-corrected chi connectivity index (χ2v) is 3.99. The number of methoxy groups -OCH3 is 1. The normalized spacial score (nSPS) is 10.6. The number of phenols is 1. The van der Waals surface area contributed by atoms with Gasteiger partial charge in [0.15, 0.2) is 17.3 Å². The van der Waals surface area contributed by atoms with Crippen molar-refractivity contribution in [3.8, 4) is 11.5 Å². The van der Waals surface area contributed by atoms with Crippen molar-refractivity contribution in [1.29, 1.82) is 0 Å². The number of aromatic hydroxyl groups is 1. The van der Waals surface area contributed by atoms with Gasteiger partial charge in [-0.2, -0.15) is 0 Å². The van der Waals surface area contributed by atoms with Gasteiger partial charge in [0.05, 0.1) is 7.11 Å². The third kappa shape index (κ3) is 3.22. The number of carbonyl (C=O) groups is 1. The van der Waals surface area contributed by atoms with Gasteiger partial charge in [-0.3, -0.25) is 4.79 Å². The zero-order chi connectivity index (χ0) is 13.7. The molecule has 3 heteroatoms. The molecule has 0 heterocycles. The smallest absolute Gasteiger partial charge is 0.185 e. The number of phenolic OH excluding ortho intramolecular Hbond substituents is 1. The van der Waals surface area contributed by atoms with E-state index >= 15 is 0 Å². The van der Waals surface area contributed by atoms with E-state index in [0.29, 0.717) is 11.3 Å². The summed E-state index contributed by atoms with van der Waals surface area (Å²) in [6.45, 7) is 0. The van der Waals surface area contributed by atoms with Gasteiger partial charge in [-0.25, -0.2) is 0 Å². The molecule has 1 N–H and O–H groups in total. The van der Waals surface area contributed by atoms with Crippen molar-refractivity contribution in [2.75, 3.05) is 7.11 Å². The van der Waals surface area contributed by atoms with Gasteiger partial charge in [-0.1, -0.05) is 42.5 Å². The van der Waals surface area contributed by atoms with E-state index in [9.17, 15) is 9.90 Å². The lowest BCUT2D eigenvalue weighted by Crippen LogP contribution is -1.92. The quantitative estimate of drug-likeness (QED) is 0.672. The van der Waals surface area contributed by atoms with Crippen LogP contribution in [0, 0.1) is 0 Å². The Morgan fingerprint density at radius 2 is 1.89 bits per heavy atom. The van der Waals surface area contributed by atoms with Crippen molar-refractivity contribution in [3.63, 3.8) is 0 Å². The van der Waals surface area contributed by atoms with Gasteiger partial charge in [0.1, 0.15) is 0 Å². The van der Waals surface area contributed by atoms with Gasteiger partial charge < -0.3 is 9.84 Å². The molecule has 0 unspecified atom stereocenters. The van der Waals surface area contributed by atoms with E-state index < -0.39 is 0 Å². The van der Waals surface area contributed by atoms with Gasteiger partial charge >= 0.3 is 0 Å². The standard InChI is InChI=1S/C16H14O3/c1-19-16-11-12(8-10-15(16)18)7-9-14(17)13-5-3-2-4-6-13/h2-11,18H,1H3/b9-7-. The van der Waals surface area contributed by atoms with Crippen LogP contribution in [0.25, 0.3) is 6.08 Å². The Morgan fingerprint density at radius 1 is 1.16 bits per heavy atom. The molecule has 0 aliphatic heterocycles. The van der Waals surface area contributed by atoms with Crippen molar-refractivity contribution in [2.24, 2.45) is 0 Å². The topological polar surface area (TPSA) is 46.5 Å². The molecule has 19 heavy (non-hydrogen) atoms. The highest BCUT2D eigenvalue weighted by Gasteiger charge is 2.02. The van der Waals surface area contributed by atoms with Gasteiger partial charge in [0.25, 0.3) is 0 Å². The number of hydrogen-bond acceptors (Lipinski definition) is 3. The molecular weight excluding hydrogens is 240 g/mol. The minimum absolute atomic E-state index is 0.0624. The maximum Gasteiger partial charge on any atom is 0.185 e. The second-order valence-electron chi connectivity index (χ2n) is 3.99. The number of hydrogen-bond donors (Lipinski definition) is 1. The molecule has 96 valence electrons. The largest absolute Gasteiger partial charge is 0.504 e. The zero-order valence-electron chi connectivity index (χ0n) is 10.5. The van der Waals surface area contributed by atoms with E-state index in [1.807, 2.05) is 18.2 Å². The maximum atomic E-state index is 11.9. The van der Waals surface area contributed by atoms with E-state index in [2.05, 4.69) is 0 Å². The summed E-state index contributed by atoms with van der Waals surface area (Å²) < 4.78 is 5.01. The van der Waals surface area contributed by atoms with Crippen molar-refractivity contribution in [3.05, 3.63) is 65.7 Å². The summed E-state index contributed by atoms with van der Waals surface area (Å²) in [6.07, 6.45) is 3.19. The molecule has 0 spiro atoms. The summed E-state index contributed by atoms with van der Waals surface area (Å²) in [5.41, 5.74) is 1.43. The SMILES string of the molecule is COc1cc(/C=C\C(=O)c2ccccc2)ccc1O. The van der Waals surface area contributed by atoms with Crippen LogP contribution in [0.4, 0.5) is 0 Å². The summed E-state index contributed by atoms with van der Waals surface area (Å²) in [7, 11) is 1.48. The van der Waals surface area contributed by atoms with E-state index in [0.717, 1.165) is 5.56 Å². The first-order valence-electron chi connectivity index (χ1n) is 5.85. The second kappa shape index (κ2) is 5.87. The highest BCUT2D eigenvalue weighted by atomic mass is 16.5. The molecule has 0 aromatic heterocycles. The van der Waals surface area contributed by atoms with E-state index in [4.69, 9.17) is 4.74 Å². The predicted molar refractivity (Wildman–Crippen MR) is 74.5 cm³/mol. The lowest BCUT2D eigenvalue weighted by Gasteiger charge is -2.03. The summed E-state index contributed by atoms with van der Waals surface area (Å²) >= 11 is 0. The molecule has 2 aromatic carbocycles. The van der Waals surface area contributed by atoms with Crippen LogP contribution < -0.4 is 4.74 Å². The zero-order valence-corrected chi connectivity index (χ0v) is 10.5. The molecule has 0 radical (unpaired) electrons. The first-order chi connectivity index (χ1) is 9.20. The van der Waals surface area contributed by atoms with Crippen molar-refractivity contribution < 1.29 is 14.6 Å². The molecule has 0 bridgehead atoms. The lowest BCUT2D eigenvalue weighted by atomic mass is 10.1. The number of carbonyl (C=O) groups excluding carboxylic acids is 1. The third-order valence-electron chi connectivity index (χ3n) is 2.69. The molecule has 0 amide bonds. The lowest BCUT2D eigenvalue weighted by molar-refractivity contribution is 0.104. The van der Waals surface area contributed by atoms with Crippen LogP contribution in [0.3, 0.4) is 0 Å². The fourth-order valence-electron chi connectivity index (χ4n) is 1.67. The van der Waals surface area contributed by atoms with Crippen LogP contribution in [0.5, 0.6) is 11.5 Å². The molecule has 0 aliphatic rings. The van der Waals surface area contributed by atoms with Gasteiger partial charge in [0.2, 0.25) is 0 Å². The number of ether oxygens (including phenoxy) is 1. The van der Waals surface area contributed by atoms with Crippen LogP contribution in [0.2, 0.25) is 0 Å². The maximum absolute atomic E-state index is 11.9.